The van der Waals surface area contributed by atoms with E-state index in [0.29, 0.717) is 23.1 Å². The molecule has 0 saturated carbocycles. The first kappa shape index (κ1) is 13.1. The molecule has 5 nitrogen and oxygen atoms in total. The van der Waals surface area contributed by atoms with Crippen LogP contribution in [0.1, 0.15) is 11.4 Å². The molecule has 1 heterocycles. The van der Waals surface area contributed by atoms with E-state index in [0.717, 1.165) is 16.8 Å². The van der Waals surface area contributed by atoms with Gasteiger partial charge in [0.1, 0.15) is 11.6 Å². The van der Waals surface area contributed by atoms with Crippen molar-refractivity contribution in [3.8, 4) is 22.8 Å². The summed E-state index contributed by atoms with van der Waals surface area (Å²) >= 11 is 0. The molecule has 0 bridgehead atoms. The SMILES string of the molecule is COc1ccc(-c2nc(C)nc(N)c2C)cc1OC. The van der Waals surface area contributed by atoms with Crippen LogP contribution in [0.25, 0.3) is 11.3 Å². The summed E-state index contributed by atoms with van der Waals surface area (Å²) in [5.74, 6) is 2.49. The highest BCUT2D eigenvalue weighted by atomic mass is 16.5. The smallest absolute Gasteiger partial charge is 0.161 e. The van der Waals surface area contributed by atoms with E-state index >= 15 is 0 Å². The lowest BCUT2D eigenvalue weighted by molar-refractivity contribution is 0.355. The molecule has 0 atom stereocenters. The van der Waals surface area contributed by atoms with E-state index in [1.807, 2.05) is 32.0 Å². The second-order valence-corrected chi connectivity index (χ2v) is 4.20. The summed E-state index contributed by atoms with van der Waals surface area (Å²) in [6.45, 7) is 3.72. The Morgan fingerprint density at radius 1 is 1.00 bits per heavy atom. The Labute approximate surface area is 112 Å². The number of aromatic nitrogens is 2. The second-order valence-electron chi connectivity index (χ2n) is 4.20. The fraction of sp³-hybridized carbons (Fsp3) is 0.286. The van der Waals surface area contributed by atoms with Gasteiger partial charge in [0.05, 0.1) is 19.9 Å². The Hall–Kier alpha value is -2.30. The van der Waals surface area contributed by atoms with Gasteiger partial charge in [-0.2, -0.15) is 0 Å². The third kappa shape index (κ3) is 2.45. The average Bonchev–Trinajstić information content (AvgIpc) is 2.42. The molecule has 0 spiro atoms. The lowest BCUT2D eigenvalue weighted by Crippen LogP contribution is -2.02. The normalized spacial score (nSPS) is 10.3. The highest BCUT2D eigenvalue weighted by molar-refractivity contribution is 5.70. The molecule has 0 aliphatic rings. The van der Waals surface area contributed by atoms with Crippen molar-refractivity contribution in [1.82, 2.24) is 9.97 Å². The molecule has 2 rings (SSSR count). The van der Waals surface area contributed by atoms with Crippen LogP contribution in [0.15, 0.2) is 18.2 Å². The van der Waals surface area contributed by atoms with E-state index in [1.165, 1.54) is 0 Å². The van der Waals surface area contributed by atoms with Crippen LogP contribution in [0.2, 0.25) is 0 Å². The van der Waals surface area contributed by atoms with E-state index in [4.69, 9.17) is 15.2 Å². The van der Waals surface area contributed by atoms with Crippen LogP contribution in [0.4, 0.5) is 5.82 Å². The standard InChI is InChI=1S/C14H17N3O2/c1-8-13(16-9(2)17-14(8)15)10-5-6-11(18-3)12(7-10)19-4/h5-7H,1-4H3,(H2,15,16,17). The van der Waals surface area contributed by atoms with Crippen molar-refractivity contribution in [2.24, 2.45) is 0 Å². The number of hydrogen-bond donors (Lipinski definition) is 1. The topological polar surface area (TPSA) is 70.3 Å². The number of aryl methyl sites for hydroxylation is 1. The Balaban J connectivity index is 2.59. The number of rotatable bonds is 3. The molecule has 0 radical (unpaired) electrons. The first-order chi connectivity index (χ1) is 9.06. The number of nitrogens with zero attached hydrogens (tertiary/aromatic N) is 2. The van der Waals surface area contributed by atoms with Crippen LogP contribution < -0.4 is 15.2 Å². The molecular weight excluding hydrogens is 242 g/mol. The largest absolute Gasteiger partial charge is 0.493 e. The molecular formula is C14H17N3O2. The van der Waals surface area contributed by atoms with Crippen molar-refractivity contribution in [3.05, 3.63) is 29.6 Å². The second kappa shape index (κ2) is 5.14. The van der Waals surface area contributed by atoms with Crippen molar-refractivity contribution < 1.29 is 9.47 Å². The minimum absolute atomic E-state index is 0.497. The van der Waals surface area contributed by atoms with E-state index in [9.17, 15) is 0 Å². The summed E-state index contributed by atoms with van der Waals surface area (Å²) < 4.78 is 10.5. The van der Waals surface area contributed by atoms with Crippen molar-refractivity contribution in [3.63, 3.8) is 0 Å². The van der Waals surface area contributed by atoms with Gasteiger partial charge < -0.3 is 15.2 Å². The number of nitrogen functional groups attached to an aromatic ring is 1. The van der Waals surface area contributed by atoms with Crippen molar-refractivity contribution in [1.29, 1.82) is 0 Å². The van der Waals surface area contributed by atoms with E-state index in [-0.39, 0.29) is 0 Å². The third-order valence-corrected chi connectivity index (χ3v) is 2.95. The molecule has 0 aliphatic heterocycles. The maximum absolute atomic E-state index is 5.88. The maximum Gasteiger partial charge on any atom is 0.161 e. The molecule has 1 aromatic heterocycles. The number of nitrogens with two attached hydrogens (primary N) is 1. The Morgan fingerprint density at radius 3 is 2.32 bits per heavy atom. The summed E-state index contributed by atoms with van der Waals surface area (Å²) in [6, 6.07) is 5.66. The van der Waals surface area contributed by atoms with E-state index in [2.05, 4.69) is 9.97 Å². The molecule has 0 fully saturated rings. The molecule has 100 valence electrons. The highest BCUT2D eigenvalue weighted by Gasteiger charge is 2.12. The van der Waals surface area contributed by atoms with Gasteiger partial charge in [0.2, 0.25) is 0 Å². The zero-order valence-corrected chi connectivity index (χ0v) is 11.5. The monoisotopic (exact) mass is 259 g/mol. The number of ether oxygens (including phenoxy) is 2. The molecule has 2 aromatic rings. The number of anilines is 1. The van der Waals surface area contributed by atoms with Crippen LogP contribution >= 0.6 is 0 Å². The lowest BCUT2D eigenvalue weighted by atomic mass is 10.1. The molecule has 2 N–H and O–H groups in total. The van der Waals surface area contributed by atoms with Crippen molar-refractivity contribution in [2.45, 2.75) is 13.8 Å². The van der Waals surface area contributed by atoms with Gasteiger partial charge in [-0.05, 0) is 32.0 Å². The van der Waals surface area contributed by atoms with Gasteiger partial charge in [0, 0.05) is 11.1 Å². The van der Waals surface area contributed by atoms with E-state index in [1.54, 1.807) is 14.2 Å². The summed E-state index contributed by atoms with van der Waals surface area (Å²) in [5, 5.41) is 0. The van der Waals surface area contributed by atoms with Gasteiger partial charge in [-0.1, -0.05) is 0 Å². The molecule has 0 aliphatic carbocycles. The molecule has 0 unspecified atom stereocenters. The quantitative estimate of drug-likeness (QED) is 0.916. The molecule has 0 amide bonds. The van der Waals surface area contributed by atoms with Gasteiger partial charge in [0.25, 0.3) is 0 Å². The zero-order valence-electron chi connectivity index (χ0n) is 11.5. The van der Waals surface area contributed by atoms with Crippen molar-refractivity contribution in [2.75, 3.05) is 20.0 Å². The Kier molecular flexibility index (Phi) is 3.55. The van der Waals surface area contributed by atoms with Gasteiger partial charge in [0.15, 0.2) is 11.5 Å². The maximum atomic E-state index is 5.88. The first-order valence-corrected chi connectivity index (χ1v) is 5.90. The van der Waals surface area contributed by atoms with Crippen LogP contribution in [0.3, 0.4) is 0 Å². The fourth-order valence-corrected chi connectivity index (χ4v) is 1.91. The fourth-order valence-electron chi connectivity index (χ4n) is 1.91. The predicted octanol–water partition coefficient (Wildman–Crippen LogP) is 2.36. The van der Waals surface area contributed by atoms with Gasteiger partial charge in [-0.3, -0.25) is 0 Å². The van der Waals surface area contributed by atoms with Crippen molar-refractivity contribution >= 4 is 5.82 Å². The highest BCUT2D eigenvalue weighted by Crippen LogP contribution is 2.33. The minimum atomic E-state index is 0.497. The van der Waals surface area contributed by atoms with Crippen LogP contribution in [0, 0.1) is 13.8 Å². The van der Waals surface area contributed by atoms with Crippen LogP contribution in [0.5, 0.6) is 11.5 Å². The average molecular weight is 259 g/mol. The minimum Gasteiger partial charge on any atom is -0.493 e. The molecule has 1 aromatic carbocycles. The van der Waals surface area contributed by atoms with E-state index < -0.39 is 0 Å². The summed E-state index contributed by atoms with van der Waals surface area (Å²) in [4.78, 5) is 8.59. The van der Waals surface area contributed by atoms with Crippen LogP contribution in [-0.2, 0) is 0 Å². The molecule has 5 heteroatoms. The lowest BCUT2D eigenvalue weighted by Gasteiger charge is -2.12. The summed E-state index contributed by atoms with van der Waals surface area (Å²) in [7, 11) is 3.21. The van der Waals surface area contributed by atoms with Gasteiger partial charge in [-0.25, -0.2) is 9.97 Å². The number of hydrogen-bond acceptors (Lipinski definition) is 5. The summed E-state index contributed by atoms with van der Waals surface area (Å²) in [5.41, 5.74) is 8.47. The number of methoxy groups -OCH3 is 2. The predicted molar refractivity (Wildman–Crippen MR) is 74.5 cm³/mol. The zero-order chi connectivity index (χ0) is 14.0. The molecule has 0 saturated heterocycles. The first-order valence-electron chi connectivity index (χ1n) is 5.90. The van der Waals surface area contributed by atoms with Gasteiger partial charge >= 0.3 is 0 Å². The van der Waals surface area contributed by atoms with Crippen LogP contribution in [-0.4, -0.2) is 24.2 Å². The summed E-state index contributed by atoms with van der Waals surface area (Å²) in [6.07, 6.45) is 0. The Morgan fingerprint density at radius 2 is 1.68 bits per heavy atom. The number of benzene rings is 1. The van der Waals surface area contributed by atoms with Gasteiger partial charge in [-0.15, -0.1) is 0 Å². The Bertz CT molecular complexity index is 612. The third-order valence-electron chi connectivity index (χ3n) is 2.95. The molecule has 19 heavy (non-hydrogen) atoms.